The van der Waals surface area contributed by atoms with Gasteiger partial charge in [0, 0.05) is 32.0 Å². The SMILES string of the molecule is CC(O)c1cccnc1N(C)CC1CCCCO1. The van der Waals surface area contributed by atoms with Crippen molar-refractivity contribution in [3.63, 3.8) is 0 Å². The van der Waals surface area contributed by atoms with E-state index in [2.05, 4.69) is 9.88 Å². The van der Waals surface area contributed by atoms with Gasteiger partial charge in [0.2, 0.25) is 0 Å². The molecule has 100 valence electrons. The Kier molecular flexibility index (Phi) is 4.55. The molecule has 1 aliphatic rings. The molecule has 1 saturated heterocycles. The zero-order chi connectivity index (χ0) is 13.0. The number of aromatic nitrogens is 1. The van der Waals surface area contributed by atoms with Gasteiger partial charge in [-0.2, -0.15) is 0 Å². The van der Waals surface area contributed by atoms with Crippen LogP contribution in [0.15, 0.2) is 18.3 Å². The fraction of sp³-hybridized carbons (Fsp3) is 0.643. The summed E-state index contributed by atoms with van der Waals surface area (Å²) in [4.78, 5) is 6.46. The molecule has 1 aromatic rings. The van der Waals surface area contributed by atoms with Crippen LogP contribution in [0.1, 0.15) is 37.9 Å². The molecule has 0 aromatic carbocycles. The molecule has 0 bridgehead atoms. The third-order valence-electron chi connectivity index (χ3n) is 3.38. The number of pyridine rings is 1. The maximum Gasteiger partial charge on any atom is 0.134 e. The third kappa shape index (κ3) is 3.21. The lowest BCUT2D eigenvalue weighted by Gasteiger charge is -2.29. The van der Waals surface area contributed by atoms with Gasteiger partial charge in [-0.25, -0.2) is 4.98 Å². The largest absolute Gasteiger partial charge is 0.389 e. The lowest BCUT2D eigenvalue weighted by Crippen LogP contribution is -2.34. The van der Waals surface area contributed by atoms with Crippen molar-refractivity contribution >= 4 is 5.82 Å². The Hall–Kier alpha value is -1.13. The second kappa shape index (κ2) is 6.16. The van der Waals surface area contributed by atoms with Crippen molar-refractivity contribution in [2.75, 3.05) is 25.1 Å². The average Bonchev–Trinajstić information content (AvgIpc) is 2.40. The van der Waals surface area contributed by atoms with E-state index < -0.39 is 6.10 Å². The quantitative estimate of drug-likeness (QED) is 0.889. The van der Waals surface area contributed by atoms with E-state index >= 15 is 0 Å². The van der Waals surface area contributed by atoms with E-state index in [1.165, 1.54) is 12.8 Å². The number of rotatable bonds is 4. The van der Waals surface area contributed by atoms with Crippen LogP contribution in [0.4, 0.5) is 5.82 Å². The van der Waals surface area contributed by atoms with E-state index in [9.17, 15) is 5.11 Å². The molecule has 2 unspecified atom stereocenters. The highest BCUT2D eigenvalue weighted by atomic mass is 16.5. The minimum atomic E-state index is -0.497. The van der Waals surface area contributed by atoms with E-state index in [1.807, 2.05) is 19.2 Å². The molecule has 1 fully saturated rings. The molecule has 4 nitrogen and oxygen atoms in total. The van der Waals surface area contributed by atoms with Gasteiger partial charge in [-0.05, 0) is 32.3 Å². The van der Waals surface area contributed by atoms with Gasteiger partial charge < -0.3 is 14.7 Å². The van der Waals surface area contributed by atoms with Crippen LogP contribution >= 0.6 is 0 Å². The van der Waals surface area contributed by atoms with Crippen molar-refractivity contribution in [1.82, 2.24) is 4.98 Å². The van der Waals surface area contributed by atoms with Crippen molar-refractivity contribution in [3.05, 3.63) is 23.9 Å². The molecule has 0 radical (unpaired) electrons. The van der Waals surface area contributed by atoms with Crippen molar-refractivity contribution in [2.45, 2.75) is 38.4 Å². The maximum absolute atomic E-state index is 9.76. The first kappa shape index (κ1) is 13.3. The second-order valence-corrected chi connectivity index (χ2v) is 4.96. The predicted octanol–water partition coefficient (Wildman–Crippen LogP) is 2.14. The molecule has 2 atom stereocenters. The monoisotopic (exact) mass is 250 g/mol. The normalized spacial score (nSPS) is 21.6. The molecule has 0 saturated carbocycles. The zero-order valence-electron chi connectivity index (χ0n) is 11.2. The highest BCUT2D eigenvalue weighted by molar-refractivity contribution is 5.47. The standard InChI is InChI=1S/C14H22N2O2/c1-11(17)13-7-5-8-15-14(13)16(2)10-12-6-3-4-9-18-12/h5,7-8,11-12,17H,3-4,6,9-10H2,1-2H3. The van der Waals surface area contributed by atoms with E-state index in [-0.39, 0.29) is 6.10 Å². The van der Waals surface area contributed by atoms with Crippen molar-refractivity contribution in [2.24, 2.45) is 0 Å². The highest BCUT2D eigenvalue weighted by Gasteiger charge is 2.19. The van der Waals surface area contributed by atoms with Gasteiger partial charge in [-0.3, -0.25) is 0 Å². The van der Waals surface area contributed by atoms with Gasteiger partial charge in [-0.1, -0.05) is 6.07 Å². The first-order valence-corrected chi connectivity index (χ1v) is 6.64. The number of hydrogen-bond acceptors (Lipinski definition) is 4. The first-order valence-electron chi connectivity index (χ1n) is 6.64. The molecular weight excluding hydrogens is 228 g/mol. The molecule has 4 heteroatoms. The number of hydrogen-bond donors (Lipinski definition) is 1. The van der Waals surface area contributed by atoms with Gasteiger partial charge >= 0.3 is 0 Å². The molecule has 18 heavy (non-hydrogen) atoms. The summed E-state index contributed by atoms with van der Waals surface area (Å²) in [5.74, 6) is 0.849. The fourth-order valence-corrected chi connectivity index (χ4v) is 2.40. The van der Waals surface area contributed by atoms with Gasteiger partial charge in [0.15, 0.2) is 0 Å². The summed E-state index contributed by atoms with van der Waals surface area (Å²) in [5.41, 5.74) is 0.871. The Morgan fingerprint density at radius 1 is 1.56 bits per heavy atom. The number of anilines is 1. The van der Waals surface area contributed by atoms with E-state index in [1.54, 1.807) is 13.1 Å². The fourth-order valence-electron chi connectivity index (χ4n) is 2.40. The Morgan fingerprint density at radius 2 is 2.39 bits per heavy atom. The minimum absolute atomic E-state index is 0.285. The van der Waals surface area contributed by atoms with Gasteiger partial charge in [0.1, 0.15) is 5.82 Å². The molecule has 2 rings (SSSR count). The lowest BCUT2D eigenvalue weighted by atomic mass is 10.1. The molecule has 1 N–H and O–H groups in total. The van der Waals surface area contributed by atoms with E-state index in [0.29, 0.717) is 0 Å². The molecule has 1 aromatic heterocycles. The topological polar surface area (TPSA) is 45.6 Å². The van der Waals surface area contributed by atoms with E-state index in [0.717, 1.165) is 31.0 Å². The van der Waals surface area contributed by atoms with Crippen LogP contribution in [0.25, 0.3) is 0 Å². The summed E-state index contributed by atoms with van der Waals surface area (Å²) < 4.78 is 5.74. The molecule has 0 amide bonds. The molecular formula is C14H22N2O2. The maximum atomic E-state index is 9.76. The summed E-state index contributed by atoms with van der Waals surface area (Å²) in [5, 5.41) is 9.76. The van der Waals surface area contributed by atoms with Gasteiger partial charge in [0.05, 0.1) is 12.2 Å². The van der Waals surface area contributed by atoms with Crippen molar-refractivity contribution in [1.29, 1.82) is 0 Å². The van der Waals surface area contributed by atoms with Crippen LogP contribution < -0.4 is 4.90 Å². The van der Waals surface area contributed by atoms with Crippen LogP contribution in [0.3, 0.4) is 0 Å². The second-order valence-electron chi connectivity index (χ2n) is 4.96. The summed E-state index contributed by atoms with van der Waals surface area (Å²) in [6, 6.07) is 3.78. The number of aliphatic hydroxyl groups is 1. The summed E-state index contributed by atoms with van der Waals surface area (Å²) in [6.07, 6.45) is 5.07. The van der Waals surface area contributed by atoms with Crippen LogP contribution in [0.5, 0.6) is 0 Å². The Labute approximate surface area is 109 Å². The number of ether oxygens (including phenoxy) is 1. The Balaban J connectivity index is 2.05. The van der Waals surface area contributed by atoms with Crippen LogP contribution in [-0.2, 0) is 4.74 Å². The lowest BCUT2D eigenvalue weighted by molar-refractivity contribution is 0.0214. The number of likely N-dealkylation sites (N-methyl/N-ethyl adjacent to an activating group) is 1. The van der Waals surface area contributed by atoms with Crippen LogP contribution in [0.2, 0.25) is 0 Å². The average molecular weight is 250 g/mol. The smallest absolute Gasteiger partial charge is 0.134 e. The van der Waals surface area contributed by atoms with Gasteiger partial charge in [0.25, 0.3) is 0 Å². The summed E-state index contributed by atoms with van der Waals surface area (Å²) >= 11 is 0. The van der Waals surface area contributed by atoms with Crippen LogP contribution in [-0.4, -0.2) is 36.4 Å². The Morgan fingerprint density at radius 3 is 3.06 bits per heavy atom. The first-order chi connectivity index (χ1) is 8.68. The molecule has 1 aliphatic heterocycles. The Bertz CT molecular complexity index is 376. The zero-order valence-corrected chi connectivity index (χ0v) is 11.2. The molecule has 0 aliphatic carbocycles. The highest BCUT2D eigenvalue weighted by Crippen LogP contribution is 2.24. The number of aliphatic hydroxyl groups excluding tert-OH is 1. The minimum Gasteiger partial charge on any atom is -0.389 e. The molecule has 2 heterocycles. The van der Waals surface area contributed by atoms with Gasteiger partial charge in [-0.15, -0.1) is 0 Å². The number of nitrogens with zero attached hydrogens (tertiary/aromatic N) is 2. The summed E-state index contributed by atoms with van der Waals surface area (Å²) in [6.45, 7) is 3.46. The molecule has 0 spiro atoms. The predicted molar refractivity (Wildman–Crippen MR) is 71.7 cm³/mol. The van der Waals surface area contributed by atoms with Crippen molar-refractivity contribution < 1.29 is 9.84 Å². The van der Waals surface area contributed by atoms with E-state index in [4.69, 9.17) is 4.74 Å². The summed E-state index contributed by atoms with van der Waals surface area (Å²) in [7, 11) is 2.01. The third-order valence-corrected chi connectivity index (χ3v) is 3.38. The van der Waals surface area contributed by atoms with Crippen LogP contribution in [0, 0.1) is 0 Å². The van der Waals surface area contributed by atoms with Crippen molar-refractivity contribution in [3.8, 4) is 0 Å².